The number of thiazole rings is 1. The first-order valence-corrected chi connectivity index (χ1v) is 9.86. The van der Waals surface area contributed by atoms with Crippen LogP contribution in [0, 0.1) is 5.26 Å². The molecule has 0 saturated carbocycles. The summed E-state index contributed by atoms with van der Waals surface area (Å²) in [6.45, 7) is 4.59. The molecule has 0 radical (unpaired) electrons. The molecular formula is C18H24ClFN4S. The summed E-state index contributed by atoms with van der Waals surface area (Å²) in [4.78, 5) is 6.23. The van der Waals surface area contributed by atoms with E-state index in [4.69, 9.17) is 17.3 Å². The predicted octanol–water partition coefficient (Wildman–Crippen LogP) is 3.73. The van der Waals surface area contributed by atoms with Gasteiger partial charge in [-0.2, -0.15) is 9.37 Å². The van der Waals surface area contributed by atoms with E-state index in [0.717, 1.165) is 56.8 Å². The number of rotatable bonds is 8. The second-order valence-corrected chi connectivity index (χ2v) is 8.15. The fourth-order valence-corrected chi connectivity index (χ4v) is 4.31. The lowest BCUT2D eigenvalue weighted by Gasteiger charge is -2.28. The second kappa shape index (κ2) is 8.45. The van der Waals surface area contributed by atoms with E-state index in [9.17, 15) is 4.39 Å². The maximum absolute atomic E-state index is 13.0. The van der Waals surface area contributed by atoms with Crippen molar-refractivity contribution in [1.29, 1.82) is 0 Å². The van der Waals surface area contributed by atoms with E-state index < -0.39 is 5.26 Å². The molecule has 0 spiro atoms. The average molecular weight is 383 g/mol. The highest BCUT2D eigenvalue weighted by Crippen LogP contribution is 2.33. The van der Waals surface area contributed by atoms with Crippen LogP contribution in [0.15, 0.2) is 30.3 Å². The summed E-state index contributed by atoms with van der Waals surface area (Å²) in [5.41, 5.74) is 7.57. The van der Waals surface area contributed by atoms with Crippen molar-refractivity contribution in [3.8, 4) is 0 Å². The minimum absolute atomic E-state index is 0.0885. The van der Waals surface area contributed by atoms with Gasteiger partial charge in [-0.25, -0.2) is 0 Å². The zero-order valence-corrected chi connectivity index (χ0v) is 15.8. The van der Waals surface area contributed by atoms with Crippen LogP contribution in [0.1, 0.15) is 24.8 Å². The van der Waals surface area contributed by atoms with Gasteiger partial charge >= 0.3 is 0 Å². The molecule has 1 aromatic heterocycles. The third-order valence-corrected chi connectivity index (χ3v) is 6.01. The van der Waals surface area contributed by atoms with Crippen molar-refractivity contribution < 1.29 is 4.39 Å². The number of nitrogens with two attached hydrogens (primary N) is 1. The van der Waals surface area contributed by atoms with Gasteiger partial charge in [0.15, 0.2) is 5.82 Å². The number of aromatic nitrogens is 1. The average Bonchev–Trinajstić information content (AvgIpc) is 3.19. The number of nitrogens with zero attached hydrogens (tertiary/aromatic N) is 2. The molecule has 2 heterocycles. The molecule has 0 amide bonds. The summed E-state index contributed by atoms with van der Waals surface area (Å²) in [5.74, 6) is 0.455. The molecule has 1 aliphatic heterocycles. The monoisotopic (exact) mass is 382 g/mol. The van der Waals surface area contributed by atoms with Gasteiger partial charge in [-0.1, -0.05) is 53.3 Å². The highest BCUT2D eigenvalue weighted by Gasteiger charge is 2.37. The molecule has 3 N–H and O–H groups in total. The first-order valence-electron chi connectivity index (χ1n) is 8.67. The van der Waals surface area contributed by atoms with E-state index in [1.54, 1.807) is 0 Å². The largest absolute Gasteiger partial charge is 0.368 e. The van der Waals surface area contributed by atoms with E-state index in [2.05, 4.69) is 39.5 Å². The Bertz CT molecular complexity index is 681. The first-order chi connectivity index (χ1) is 12.1. The fourth-order valence-electron chi connectivity index (χ4n) is 3.51. The Kier molecular flexibility index (Phi) is 6.28. The molecule has 7 heteroatoms. The third kappa shape index (κ3) is 4.50. The van der Waals surface area contributed by atoms with Gasteiger partial charge in [0.25, 0.3) is 5.26 Å². The van der Waals surface area contributed by atoms with Gasteiger partial charge in [0.2, 0.25) is 0 Å². The van der Waals surface area contributed by atoms with Crippen LogP contribution in [-0.4, -0.2) is 42.6 Å². The molecule has 1 unspecified atom stereocenters. The topological polar surface area (TPSA) is 54.2 Å². The molecule has 136 valence electrons. The molecule has 0 bridgehead atoms. The summed E-state index contributed by atoms with van der Waals surface area (Å²) < 4.78 is 13.4. The van der Waals surface area contributed by atoms with Crippen molar-refractivity contribution in [1.82, 2.24) is 9.88 Å². The number of unbranched alkanes of at least 4 members (excludes halogenated alkanes) is 1. The summed E-state index contributed by atoms with van der Waals surface area (Å²) in [7, 11) is 0. The number of benzene rings is 1. The minimum Gasteiger partial charge on any atom is -0.368 e. The zero-order chi connectivity index (χ0) is 17.7. The quantitative estimate of drug-likeness (QED) is 0.683. The lowest BCUT2D eigenvalue weighted by molar-refractivity contribution is 0.306. The van der Waals surface area contributed by atoms with Gasteiger partial charge in [-0.3, -0.25) is 0 Å². The van der Waals surface area contributed by atoms with Crippen LogP contribution in [0.5, 0.6) is 0 Å². The van der Waals surface area contributed by atoms with Crippen LogP contribution < -0.4 is 11.1 Å². The third-order valence-electron chi connectivity index (χ3n) is 4.96. The number of hydrogen-bond donors (Lipinski definition) is 2. The normalized spacial score (nSPS) is 20.9. The Morgan fingerprint density at radius 1 is 1.32 bits per heavy atom. The molecule has 0 aliphatic carbocycles. The van der Waals surface area contributed by atoms with Crippen molar-refractivity contribution in [3.05, 3.63) is 45.5 Å². The van der Waals surface area contributed by atoms with Crippen molar-refractivity contribution >= 4 is 28.8 Å². The van der Waals surface area contributed by atoms with E-state index >= 15 is 0 Å². The smallest absolute Gasteiger partial charge is 0.272 e. The predicted molar refractivity (Wildman–Crippen MR) is 103 cm³/mol. The maximum atomic E-state index is 13.0. The van der Waals surface area contributed by atoms with Crippen molar-refractivity contribution in [2.45, 2.75) is 24.7 Å². The van der Waals surface area contributed by atoms with Gasteiger partial charge < -0.3 is 16.0 Å². The standard InChI is InChI=1S/C18H24ClFN4S/c19-15-16(23-17(20)25-15)22-9-4-5-10-24-11-8-18(12-21,13-24)14-6-2-1-3-7-14/h1-3,6-7,22H,4-5,8-13,21H2. The summed E-state index contributed by atoms with van der Waals surface area (Å²) in [5, 5.41) is 2.60. The van der Waals surface area contributed by atoms with Crippen LogP contribution in [0.2, 0.25) is 4.34 Å². The molecule has 1 saturated heterocycles. The highest BCUT2D eigenvalue weighted by molar-refractivity contribution is 7.15. The summed E-state index contributed by atoms with van der Waals surface area (Å²) in [6, 6.07) is 10.6. The molecule has 2 aromatic rings. The molecule has 25 heavy (non-hydrogen) atoms. The van der Waals surface area contributed by atoms with E-state index in [0.29, 0.717) is 16.7 Å². The summed E-state index contributed by atoms with van der Waals surface area (Å²) >= 11 is 6.76. The number of likely N-dealkylation sites (tertiary alicyclic amines) is 1. The van der Waals surface area contributed by atoms with E-state index in [1.807, 2.05) is 6.07 Å². The zero-order valence-electron chi connectivity index (χ0n) is 14.2. The Balaban J connectivity index is 1.42. The number of halogens is 2. The lowest BCUT2D eigenvalue weighted by atomic mass is 9.80. The fraction of sp³-hybridized carbons (Fsp3) is 0.500. The van der Waals surface area contributed by atoms with Crippen LogP contribution in [0.3, 0.4) is 0 Å². The Labute approximate surface area is 157 Å². The maximum Gasteiger partial charge on any atom is 0.272 e. The van der Waals surface area contributed by atoms with E-state index in [1.165, 1.54) is 5.56 Å². The molecule has 1 aliphatic rings. The van der Waals surface area contributed by atoms with Gasteiger partial charge in [-0.05, 0) is 37.9 Å². The lowest BCUT2D eigenvalue weighted by Crippen LogP contribution is -2.38. The first kappa shape index (κ1) is 18.6. The Morgan fingerprint density at radius 2 is 2.12 bits per heavy atom. The van der Waals surface area contributed by atoms with E-state index in [-0.39, 0.29) is 5.41 Å². The molecule has 3 rings (SSSR count). The highest BCUT2D eigenvalue weighted by atomic mass is 35.5. The van der Waals surface area contributed by atoms with Gasteiger partial charge in [0.05, 0.1) is 0 Å². The van der Waals surface area contributed by atoms with Gasteiger partial charge in [-0.15, -0.1) is 0 Å². The van der Waals surface area contributed by atoms with Crippen LogP contribution in [-0.2, 0) is 5.41 Å². The molecule has 4 nitrogen and oxygen atoms in total. The number of hydrogen-bond acceptors (Lipinski definition) is 5. The molecule has 1 atom stereocenters. The van der Waals surface area contributed by atoms with Crippen LogP contribution in [0.4, 0.5) is 10.2 Å². The summed E-state index contributed by atoms with van der Waals surface area (Å²) in [6.07, 6.45) is 3.18. The van der Waals surface area contributed by atoms with Crippen LogP contribution in [0.25, 0.3) is 0 Å². The second-order valence-electron chi connectivity index (χ2n) is 6.60. The Morgan fingerprint density at radius 3 is 2.80 bits per heavy atom. The molecular weight excluding hydrogens is 359 g/mol. The SMILES string of the molecule is NCC1(c2ccccc2)CCN(CCCCNc2nc(F)sc2Cl)C1. The molecule has 1 aromatic carbocycles. The molecule has 1 fully saturated rings. The van der Waals surface area contributed by atoms with Gasteiger partial charge in [0, 0.05) is 25.0 Å². The number of anilines is 1. The van der Waals surface area contributed by atoms with Gasteiger partial charge in [0.1, 0.15) is 4.34 Å². The van der Waals surface area contributed by atoms with Crippen molar-refractivity contribution in [3.63, 3.8) is 0 Å². The number of nitrogens with one attached hydrogen (secondary N) is 1. The van der Waals surface area contributed by atoms with Crippen molar-refractivity contribution in [2.24, 2.45) is 5.73 Å². The van der Waals surface area contributed by atoms with Crippen molar-refractivity contribution in [2.75, 3.05) is 38.0 Å². The van der Waals surface area contributed by atoms with Crippen LogP contribution >= 0.6 is 22.9 Å². The Hall–Kier alpha value is -1.21. The minimum atomic E-state index is -0.497.